The molecule has 0 heterocycles. The molecular weight excluding hydrogens is 351 g/mol. The van der Waals surface area contributed by atoms with E-state index in [0.717, 1.165) is 12.8 Å². The van der Waals surface area contributed by atoms with E-state index in [9.17, 15) is 4.89 Å². The summed E-state index contributed by atoms with van der Waals surface area (Å²) in [6.07, 6.45) is 6.92. The molecule has 0 radical (unpaired) electrons. The molecule has 24 heavy (non-hydrogen) atoms. The van der Waals surface area contributed by atoms with E-state index in [4.69, 9.17) is 9.05 Å². The van der Waals surface area contributed by atoms with Gasteiger partial charge in [-0.15, -0.1) is 0 Å². The van der Waals surface area contributed by atoms with Gasteiger partial charge >= 0.3 is 8.60 Å². The molecule has 0 bridgehead atoms. The van der Waals surface area contributed by atoms with Gasteiger partial charge in [0.15, 0.2) is 0 Å². The van der Waals surface area contributed by atoms with Crippen LogP contribution in [0.4, 0.5) is 0 Å². The third kappa shape index (κ3) is 8.91. The van der Waals surface area contributed by atoms with Crippen LogP contribution in [0.5, 0.6) is 0 Å². The molecule has 0 spiro atoms. The number of hydrogen-bond acceptors (Lipinski definition) is 3. The summed E-state index contributed by atoms with van der Waals surface area (Å²) in [4.78, 5) is 10.5. The Morgan fingerprint density at radius 2 is 1.08 bits per heavy atom. The molecule has 146 valence electrons. The monoisotopic (exact) mass is 394 g/mol. The minimum atomic E-state index is -1.76. The molecule has 3 nitrogen and oxygen atoms in total. The van der Waals surface area contributed by atoms with Crippen LogP contribution >= 0.6 is 8.60 Å². The summed E-state index contributed by atoms with van der Waals surface area (Å²) in [7, 11) is -4.72. The van der Waals surface area contributed by atoms with Crippen LogP contribution in [0.1, 0.15) is 66.2 Å². The van der Waals surface area contributed by atoms with Crippen molar-refractivity contribution >= 4 is 24.8 Å². The zero-order valence-corrected chi connectivity index (χ0v) is 20.4. The van der Waals surface area contributed by atoms with Crippen LogP contribution < -0.4 is 0 Å². The van der Waals surface area contributed by atoms with Crippen LogP contribution in [0.25, 0.3) is 0 Å². The number of unbranched alkanes of at least 4 members (excludes halogenated alkanes) is 2. The summed E-state index contributed by atoms with van der Waals surface area (Å²) in [5.41, 5.74) is 0.385. The standard InChI is InChI=1S/C18H43O3PSi2/c1-9-13-15-23(5,6)17(11-3)20-22(19)21-18(12-4)24(7,8)16-14-10-2/h17-19H,9-16H2,1-8H3. The molecule has 0 saturated carbocycles. The Balaban J connectivity index is 4.73. The van der Waals surface area contributed by atoms with Gasteiger partial charge < -0.3 is 13.9 Å². The number of hydrogen-bond donors (Lipinski definition) is 1. The van der Waals surface area contributed by atoms with E-state index in [2.05, 4.69) is 53.9 Å². The van der Waals surface area contributed by atoms with E-state index < -0.39 is 24.8 Å². The molecule has 0 saturated heterocycles. The highest BCUT2D eigenvalue weighted by atomic mass is 31.2. The van der Waals surface area contributed by atoms with Crippen molar-refractivity contribution in [2.45, 2.75) is 116 Å². The SMILES string of the molecule is CCCC[Si](C)(C)C(CC)OP(O)OC(CC)[Si](C)(C)CCCC. The second kappa shape index (κ2) is 12.2. The lowest BCUT2D eigenvalue weighted by Crippen LogP contribution is -2.44. The average molecular weight is 395 g/mol. The molecule has 6 heteroatoms. The molecule has 0 aliphatic carbocycles. The Morgan fingerprint density at radius 3 is 1.33 bits per heavy atom. The number of rotatable bonds is 14. The minimum Gasteiger partial charge on any atom is -0.328 e. The zero-order valence-electron chi connectivity index (χ0n) is 17.5. The van der Waals surface area contributed by atoms with Crippen molar-refractivity contribution in [3.63, 3.8) is 0 Å². The fourth-order valence-electron chi connectivity index (χ4n) is 3.37. The van der Waals surface area contributed by atoms with Gasteiger partial charge in [-0.2, -0.15) is 0 Å². The van der Waals surface area contributed by atoms with Crippen LogP contribution in [0.2, 0.25) is 38.3 Å². The zero-order chi connectivity index (χ0) is 18.8. The Bertz CT molecular complexity index is 297. The first kappa shape index (κ1) is 24.7. The lowest BCUT2D eigenvalue weighted by molar-refractivity contribution is 0.157. The lowest BCUT2D eigenvalue weighted by atomic mass is 10.4. The third-order valence-corrected chi connectivity index (χ3v) is 14.4. The van der Waals surface area contributed by atoms with Crippen LogP contribution in [0.3, 0.4) is 0 Å². The quantitative estimate of drug-likeness (QED) is 0.257. The van der Waals surface area contributed by atoms with Gasteiger partial charge in [0.25, 0.3) is 0 Å². The van der Waals surface area contributed by atoms with Crippen molar-refractivity contribution in [3.05, 3.63) is 0 Å². The van der Waals surface area contributed by atoms with Crippen molar-refractivity contribution in [1.29, 1.82) is 0 Å². The molecule has 0 amide bonds. The second-order valence-corrected chi connectivity index (χ2v) is 19.6. The van der Waals surface area contributed by atoms with Gasteiger partial charge in [0.1, 0.15) is 0 Å². The summed E-state index contributed by atoms with van der Waals surface area (Å²) in [5.74, 6) is 0. The van der Waals surface area contributed by atoms with Gasteiger partial charge in [-0.1, -0.05) is 91.7 Å². The highest BCUT2D eigenvalue weighted by Crippen LogP contribution is 2.42. The summed E-state index contributed by atoms with van der Waals surface area (Å²) < 4.78 is 12.2. The van der Waals surface area contributed by atoms with Gasteiger partial charge in [0.2, 0.25) is 0 Å². The predicted molar refractivity (Wildman–Crippen MR) is 114 cm³/mol. The first-order valence-electron chi connectivity index (χ1n) is 9.97. The molecule has 0 aliphatic heterocycles. The van der Waals surface area contributed by atoms with Gasteiger partial charge in [-0.05, 0) is 12.8 Å². The first-order chi connectivity index (χ1) is 11.1. The molecule has 1 N–H and O–H groups in total. The third-order valence-electron chi connectivity index (χ3n) is 5.27. The summed E-state index contributed by atoms with van der Waals surface area (Å²) >= 11 is 0. The minimum absolute atomic E-state index is 0.193. The molecule has 0 fully saturated rings. The van der Waals surface area contributed by atoms with Crippen LogP contribution in [-0.4, -0.2) is 32.5 Å². The maximum atomic E-state index is 10.5. The molecule has 0 rings (SSSR count). The molecule has 2 atom stereocenters. The van der Waals surface area contributed by atoms with Crippen molar-refractivity contribution in [1.82, 2.24) is 0 Å². The predicted octanol–water partition coefficient (Wildman–Crippen LogP) is 6.89. The first-order valence-corrected chi connectivity index (χ1v) is 17.7. The summed E-state index contributed by atoms with van der Waals surface area (Å²) in [5, 5.41) is 0. The fraction of sp³-hybridized carbons (Fsp3) is 1.00. The largest absolute Gasteiger partial charge is 0.329 e. The molecule has 0 aliphatic rings. The smallest absolute Gasteiger partial charge is 0.328 e. The summed E-state index contributed by atoms with van der Waals surface area (Å²) in [6, 6.07) is 2.53. The molecule has 0 aromatic rings. The van der Waals surface area contributed by atoms with Gasteiger partial charge in [-0.3, -0.25) is 0 Å². The van der Waals surface area contributed by atoms with Gasteiger partial charge in [-0.25, -0.2) is 0 Å². The topological polar surface area (TPSA) is 38.7 Å². The van der Waals surface area contributed by atoms with Crippen molar-refractivity contribution in [2.24, 2.45) is 0 Å². The van der Waals surface area contributed by atoms with E-state index in [1.54, 1.807) is 0 Å². The Labute approximate surface area is 154 Å². The van der Waals surface area contributed by atoms with E-state index in [-0.39, 0.29) is 11.5 Å². The van der Waals surface area contributed by atoms with E-state index >= 15 is 0 Å². The van der Waals surface area contributed by atoms with Crippen molar-refractivity contribution in [2.75, 3.05) is 0 Å². The second-order valence-electron chi connectivity index (χ2n) is 8.43. The van der Waals surface area contributed by atoms with Crippen LogP contribution in [0, 0.1) is 0 Å². The van der Waals surface area contributed by atoms with E-state index in [0.29, 0.717) is 0 Å². The molecule has 0 aromatic heterocycles. The van der Waals surface area contributed by atoms with Gasteiger partial charge in [0.05, 0.1) is 27.6 Å². The lowest BCUT2D eigenvalue weighted by Gasteiger charge is -2.36. The maximum Gasteiger partial charge on any atom is 0.329 e. The van der Waals surface area contributed by atoms with Crippen molar-refractivity contribution in [3.8, 4) is 0 Å². The van der Waals surface area contributed by atoms with E-state index in [1.807, 2.05) is 0 Å². The van der Waals surface area contributed by atoms with Crippen LogP contribution in [0.15, 0.2) is 0 Å². The van der Waals surface area contributed by atoms with Crippen molar-refractivity contribution < 1.29 is 13.9 Å². The normalized spacial score (nSPS) is 16.9. The molecule has 2 unspecified atom stereocenters. The fourth-order valence-corrected chi connectivity index (χ4v) is 12.4. The average Bonchev–Trinajstić information content (AvgIpc) is 2.53. The van der Waals surface area contributed by atoms with Gasteiger partial charge in [0, 0.05) is 0 Å². The maximum absolute atomic E-state index is 10.5. The van der Waals surface area contributed by atoms with Crippen LogP contribution in [-0.2, 0) is 9.05 Å². The summed E-state index contributed by atoms with van der Waals surface area (Å²) in [6.45, 7) is 18.4. The Kier molecular flexibility index (Phi) is 12.6. The Hall–Kier alpha value is 0.744. The molecular formula is C18H43O3PSi2. The Morgan fingerprint density at radius 1 is 0.750 bits per heavy atom. The highest BCUT2D eigenvalue weighted by Gasteiger charge is 2.37. The van der Waals surface area contributed by atoms with E-state index in [1.165, 1.54) is 37.8 Å². The molecule has 0 aromatic carbocycles. The highest BCUT2D eigenvalue weighted by molar-refractivity contribution is 7.40.